The van der Waals surface area contributed by atoms with E-state index in [9.17, 15) is 13.2 Å². The predicted octanol–water partition coefficient (Wildman–Crippen LogP) is 3.67. The van der Waals surface area contributed by atoms with Gasteiger partial charge in [0.25, 0.3) is 0 Å². The zero-order valence-corrected chi connectivity index (χ0v) is 19.0. The van der Waals surface area contributed by atoms with Gasteiger partial charge in [-0.15, -0.1) is 0 Å². The molecule has 2 aliphatic heterocycles. The molecule has 158 valence electrons. The van der Waals surface area contributed by atoms with E-state index in [0.29, 0.717) is 15.9 Å². The molecular formula is C21H22ClN3O3S2. The van der Waals surface area contributed by atoms with Crippen LogP contribution in [0.4, 0.5) is 11.4 Å². The third-order valence-corrected chi connectivity index (χ3v) is 8.07. The van der Waals surface area contributed by atoms with Crippen molar-refractivity contribution in [2.75, 3.05) is 27.5 Å². The largest absolute Gasteiger partial charge is 0.325 e. The Morgan fingerprint density at radius 2 is 2.03 bits per heavy atom. The molecule has 4 rings (SSSR count). The van der Waals surface area contributed by atoms with Crippen LogP contribution in [0, 0.1) is 13.8 Å². The summed E-state index contributed by atoms with van der Waals surface area (Å²) in [6.45, 7) is 4.00. The number of benzene rings is 2. The van der Waals surface area contributed by atoms with E-state index in [-0.39, 0.29) is 35.2 Å². The Hall–Kier alpha value is -2.03. The maximum absolute atomic E-state index is 12.4. The maximum atomic E-state index is 12.4. The summed E-state index contributed by atoms with van der Waals surface area (Å²) in [7, 11) is -3.12. The van der Waals surface area contributed by atoms with Gasteiger partial charge in [0.15, 0.2) is 15.0 Å². The molecule has 2 aromatic rings. The minimum Gasteiger partial charge on any atom is -0.325 e. The van der Waals surface area contributed by atoms with Gasteiger partial charge in [-0.1, -0.05) is 41.6 Å². The number of thioether (sulfide) groups is 1. The van der Waals surface area contributed by atoms with Crippen molar-refractivity contribution in [3.63, 3.8) is 0 Å². The van der Waals surface area contributed by atoms with E-state index in [2.05, 4.69) is 5.32 Å². The van der Waals surface area contributed by atoms with Gasteiger partial charge < -0.3 is 10.2 Å². The Labute approximate surface area is 185 Å². The van der Waals surface area contributed by atoms with Gasteiger partial charge in [0.05, 0.1) is 29.3 Å². The number of carbonyl (C=O) groups excluding carboxylic acids is 1. The molecule has 30 heavy (non-hydrogen) atoms. The first kappa shape index (κ1) is 21.2. The molecule has 0 bridgehead atoms. The zero-order chi connectivity index (χ0) is 21.5. The molecule has 1 fully saturated rings. The second-order valence-corrected chi connectivity index (χ2v) is 11.2. The number of aliphatic imine (C=N–C) groups is 1. The SMILES string of the molecule is Cc1ccc(C)c(N2C(SCC(=O)Nc3cccc(Cl)c3)=N[C@@H]3CS(=O)(=O)C[C@@H]32)c1. The summed E-state index contributed by atoms with van der Waals surface area (Å²) in [5.74, 6) is 0.125. The summed E-state index contributed by atoms with van der Waals surface area (Å²) >= 11 is 7.30. The number of carbonyl (C=O) groups is 1. The number of nitrogens with one attached hydrogen (secondary N) is 1. The van der Waals surface area contributed by atoms with Crippen molar-refractivity contribution >= 4 is 55.6 Å². The van der Waals surface area contributed by atoms with E-state index in [1.54, 1.807) is 24.3 Å². The fourth-order valence-electron chi connectivity index (χ4n) is 3.79. The van der Waals surface area contributed by atoms with Crippen LogP contribution in [0.15, 0.2) is 47.5 Å². The van der Waals surface area contributed by atoms with Crippen LogP contribution in [-0.2, 0) is 14.6 Å². The Morgan fingerprint density at radius 1 is 1.23 bits per heavy atom. The molecule has 2 heterocycles. The van der Waals surface area contributed by atoms with E-state index in [1.165, 1.54) is 11.8 Å². The number of rotatable bonds is 4. The van der Waals surface area contributed by atoms with Crippen molar-refractivity contribution in [2.45, 2.75) is 25.9 Å². The van der Waals surface area contributed by atoms with Gasteiger partial charge in [-0.3, -0.25) is 9.79 Å². The molecule has 2 atom stereocenters. The monoisotopic (exact) mass is 463 g/mol. The van der Waals surface area contributed by atoms with E-state index in [1.807, 2.05) is 36.9 Å². The summed E-state index contributed by atoms with van der Waals surface area (Å²) in [5.41, 5.74) is 3.71. The predicted molar refractivity (Wildman–Crippen MR) is 125 cm³/mol. The van der Waals surface area contributed by atoms with Crippen LogP contribution in [0.1, 0.15) is 11.1 Å². The molecular weight excluding hydrogens is 442 g/mol. The third-order valence-electron chi connectivity index (χ3n) is 5.17. The average Bonchev–Trinajstić information content (AvgIpc) is 3.13. The zero-order valence-electron chi connectivity index (χ0n) is 16.6. The summed E-state index contributed by atoms with van der Waals surface area (Å²) < 4.78 is 24.4. The number of hydrogen-bond donors (Lipinski definition) is 1. The standard InChI is InChI=1S/C21H22ClN3O3S2/c1-13-6-7-14(2)18(8-13)25-19-12-30(27,28)11-17(19)24-21(25)29-10-20(26)23-16-5-3-4-15(22)9-16/h3-9,17,19H,10-12H2,1-2H3,(H,23,26)/t17-,19+/m1/s1. The minimum atomic E-state index is -3.12. The fourth-order valence-corrected chi connectivity index (χ4v) is 6.74. The molecule has 9 heteroatoms. The van der Waals surface area contributed by atoms with Crippen LogP contribution in [0.5, 0.6) is 0 Å². The summed E-state index contributed by atoms with van der Waals surface area (Å²) in [5, 5.41) is 4.07. The highest BCUT2D eigenvalue weighted by molar-refractivity contribution is 8.14. The fraction of sp³-hybridized carbons (Fsp3) is 0.333. The van der Waals surface area contributed by atoms with Gasteiger partial charge in [0.2, 0.25) is 5.91 Å². The quantitative estimate of drug-likeness (QED) is 0.748. The van der Waals surface area contributed by atoms with Crippen LogP contribution >= 0.6 is 23.4 Å². The Kier molecular flexibility index (Phi) is 5.83. The number of hydrogen-bond acceptors (Lipinski definition) is 6. The van der Waals surface area contributed by atoms with Gasteiger partial charge in [0.1, 0.15) is 0 Å². The average molecular weight is 464 g/mol. The second-order valence-electron chi connectivity index (χ2n) is 7.63. The third kappa shape index (κ3) is 4.50. The Morgan fingerprint density at radius 3 is 2.80 bits per heavy atom. The second kappa shape index (κ2) is 8.24. The molecule has 0 unspecified atom stereocenters. The molecule has 0 aliphatic carbocycles. The first-order valence-electron chi connectivity index (χ1n) is 9.55. The van der Waals surface area contributed by atoms with Crippen molar-refractivity contribution in [1.29, 1.82) is 0 Å². The lowest BCUT2D eigenvalue weighted by Crippen LogP contribution is -2.40. The number of fused-ring (bicyclic) bond motifs is 1. The van der Waals surface area contributed by atoms with Crippen LogP contribution in [0.25, 0.3) is 0 Å². The highest BCUT2D eigenvalue weighted by Crippen LogP contribution is 2.37. The van der Waals surface area contributed by atoms with Gasteiger partial charge in [-0.2, -0.15) is 0 Å². The number of amidine groups is 1. The number of nitrogens with zero attached hydrogens (tertiary/aromatic N) is 2. The maximum Gasteiger partial charge on any atom is 0.234 e. The summed E-state index contributed by atoms with van der Waals surface area (Å²) in [6, 6.07) is 12.6. The topological polar surface area (TPSA) is 78.8 Å². The highest BCUT2D eigenvalue weighted by atomic mass is 35.5. The first-order chi connectivity index (χ1) is 14.2. The van der Waals surface area contributed by atoms with Crippen molar-refractivity contribution < 1.29 is 13.2 Å². The molecule has 2 aromatic carbocycles. The molecule has 0 saturated carbocycles. The molecule has 1 saturated heterocycles. The van der Waals surface area contributed by atoms with Gasteiger partial charge in [-0.25, -0.2) is 8.42 Å². The van der Waals surface area contributed by atoms with Crippen molar-refractivity contribution in [3.05, 3.63) is 58.6 Å². The van der Waals surface area contributed by atoms with Crippen LogP contribution in [0.3, 0.4) is 0 Å². The molecule has 1 N–H and O–H groups in total. The smallest absolute Gasteiger partial charge is 0.234 e. The lowest BCUT2D eigenvalue weighted by atomic mass is 10.1. The van der Waals surface area contributed by atoms with E-state index >= 15 is 0 Å². The molecule has 1 amide bonds. The van der Waals surface area contributed by atoms with Gasteiger partial charge in [-0.05, 0) is 49.2 Å². The van der Waals surface area contributed by atoms with Crippen molar-refractivity contribution in [1.82, 2.24) is 0 Å². The number of aryl methyl sites for hydroxylation is 2. The Bertz CT molecular complexity index is 1130. The lowest BCUT2D eigenvalue weighted by molar-refractivity contribution is -0.113. The number of amides is 1. The van der Waals surface area contributed by atoms with Crippen LogP contribution in [-0.4, -0.2) is 48.8 Å². The first-order valence-corrected chi connectivity index (χ1v) is 12.7. The van der Waals surface area contributed by atoms with Crippen LogP contribution in [0.2, 0.25) is 5.02 Å². The Balaban J connectivity index is 1.54. The van der Waals surface area contributed by atoms with Crippen LogP contribution < -0.4 is 10.2 Å². The molecule has 2 aliphatic rings. The number of anilines is 2. The molecule has 0 radical (unpaired) electrons. The highest BCUT2D eigenvalue weighted by Gasteiger charge is 2.47. The summed E-state index contributed by atoms with van der Waals surface area (Å²) in [4.78, 5) is 19.2. The van der Waals surface area contributed by atoms with E-state index < -0.39 is 9.84 Å². The molecule has 0 spiro atoms. The van der Waals surface area contributed by atoms with E-state index in [0.717, 1.165) is 16.8 Å². The number of halogens is 1. The van der Waals surface area contributed by atoms with Gasteiger partial charge in [0, 0.05) is 16.4 Å². The number of sulfone groups is 1. The normalized spacial score (nSPS) is 22.0. The van der Waals surface area contributed by atoms with Crippen molar-refractivity contribution in [3.8, 4) is 0 Å². The molecule has 6 nitrogen and oxygen atoms in total. The lowest BCUT2D eigenvalue weighted by Gasteiger charge is -2.28. The van der Waals surface area contributed by atoms with E-state index in [4.69, 9.17) is 16.6 Å². The van der Waals surface area contributed by atoms with Gasteiger partial charge >= 0.3 is 0 Å². The molecule has 0 aromatic heterocycles. The minimum absolute atomic E-state index is 0.0534. The van der Waals surface area contributed by atoms with Crippen molar-refractivity contribution in [2.24, 2.45) is 4.99 Å². The summed E-state index contributed by atoms with van der Waals surface area (Å²) in [6.07, 6.45) is 0.